The number of benzene rings is 1. The zero-order chi connectivity index (χ0) is 21.1. The maximum absolute atomic E-state index is 11.3. The highest BCUT2D eigenvalue weighted by atomic mass is 16.7. The Morgan fingerprint density at radius 2 is 2.07 bits per heavy atom. The number of carbonyl (C=O) groups excluding carboxylic acids is 1. The summed E-state index contributed by atoms with van der Waals surface area (Å²) in [7, 11) is 3.15. The fourth-order valence-electron chi connectivity index (χ4n) is 2.86. The molecule has 7 nitrogen and oxygen atoms in total. The molecule has 7 heteroatoms. The van der Waals surface area contributed by atoms with Gasteiger partial charge in [0.2, 0.25) is 0 Å². The molecule has 0 spiro atoms. The average Bonchev–Trinajstić information content (AvgIpc) is 2.72. The summed E-state index contributed by atoms with van der Waals surface area (Å²) in [5.74, 6) is 0.411. The van der Waals surface area contributed by atoms with Crippen molar-refractivity contribution in [1.29, 1.82) is 0 Å². The van der Waals surface area contributed by atoms with Crippen molar-refractivity contribution in [3.63, 3.8) is 0 Å². The molecule has 160 valence electrons. The lowest BCUT2D eigenvalue weighted by Crippen LogP contribution is -2.41. The zero-order valence-electron chi connectivity index (χ0n) is 17.2. The normalized spacial score (nSPS) is 19.7. The number of cyclic esters (lactones) is 1. The Morgan fingerprint density at radius 1 is 1.31 bits per heavy atom. The molecule has 0 saturated carbocycles. The summed E-state index contributed by atoms with van der Waals surface area (Å²) in [5, 5.41) is 10.9. The first-order valence-electron chi connectivity index (χ1n) is 9.54. The summed E-state index contributed by atoms with van der Waals surface area (Å²) in [5.41, 5.74) is -0.255. The Morgan fingerprint density at radius 3 is 2.72 bits per heavy atom. The van der Waals surface area contributed by atoms with Crippen molar-refractivity contribution in [3.05, 3.63) is 54.1 Å². The van der Waals surface area contributed by atoms with Crippen LogP contribution in [0.1, 0.15) is 25.3 Å². The van der Waals surface area contributed by atoms with E-state index in [-0.39, 0.29) is 12.8 Å². The maximum atomic E-state index is 11.3. The third kappa shape index (κ3) is 7.98. The molecule has 0 fully saturated rings. The molecule has 0 saturated heterocycles. The van der Waals surface area contributed by atoms with Crippen LogP contribution < -0.4 is 4.74 Å². The van der Waals surface area contributed by atoms with E-state index >= 15 is 0 Å². The fourth-order valence-corrected chi connectivity index (χ4v) is 2.86. The predicted octanol–water partition coefficient (Wildman–Crippen LogP) is 2.77. The predicted molar refractivity (Wildman–Crippen MR) is 107 cm³/mol. The zero-order valence-corrected chi connectivity index (χ0v) is 17.2. The highest BCUT2D eigenvalue weighted by molar-refractivity contribution is 5.82. The first-order chi connectivity index (χ1) is 13.9. The van der Waals surface area contributed by atoms with Crippen molar-refractivity contribution < 1.29 is 33.6 Å². The molecule has 2 rings (SSSR count). The number of esters is 1. The number of hydrogen-bond acceptors (Lipinski definition) is 7. The highest BCUT2D eigenvalue weighted by Crippen LogP contribution is 2.21. The molecule has 1 aromatic carbocycles. The monoisotopic (exact) mass is 406 g/mol. The van der Waals surface area contributed by atoms with Gasteiger partial charge < -0.3 is 28.8 Å². The highest BCUT2D eigenvalue weighted by Gasteiger charge is 2.30. The molecule has 0 unspecified atom stereocenters. The molecule has 0 aromatic heterocycles. The number of methoxy groups -OCH3 is 2. The van der Waals surface area contributed by atoms with Crippen molar-refractivity contribution in [2.45, 2.75) is 44.2 Å². The molecule has 1 aliphatic rings. The largest absolute Gasteiger partial charge is 0.497 e. The van der Waals surface area contributed by atoms with Crippen LogP contribution in [0.4, 0.5) is 0 Å². The van der Waals surface area contributed by atoms with Crippen LogP contribution in [0.25, 0.3) is 0 Å². The Labute approximate surface area is 171 Å². The third-order valence-corrected chi connectivity index (χ3v) is 4.53. The number of rotatable bonds is 12. The molecule has 1 aliphatic heterocycles. The Balaban J connectivity index is 1.87. The van der Waals surface area contributed by atoms with Gasteiger partial charge in [-0.15, -0.1) is 0 Å². The van der Waals surface area contributed by atoms with E-state index in [1.54, 1.807) is 32.3 Å². The van der Waals surface area contributed by atoms with Crippen LogP contribution >= 0.6 is 0 Å². The molecule has 1 heterocycles. The molecule has 0 amide bonds. The van der Waals surface area contributed by atoms with Crippen LogP contribution in [0.5, 0.6) is 5.75 Å². The molecule has 1 aromatic rings. The van der Waals surface area contributed by atoms with Crippen molar-refractivity contribution in [1.82, 2.24) is 0 Å². The lowest BCUT2D eigenvalue weighted by atomic mass is 9.95. The van der Waals surface area contributed by atoms with E-state index in [1.807, 2.05) is 24.3 Å². The van der Waals surface area contributed by atoms with Crippen molar-refractivity contribution >= 4 is 5.97 Å². The van der Waals surface area contributed by atoms with Gasteiger partial charge in [0.05, 0.1) is 19.8 Å². The summed E-state index contributed by atoms with van der Waals surface area (Å²) in [6.07, 6.45) is 6.53. The summed E-state index contributed by atoms with van der Waals surface area (Å²) in [6.45, 7) is 2.54. The summed E-state index contributed by atoms with van der Waals surface area (Å²) in [4.78, 5) is 11.3. The first kappa shape index (κ1) is 23.1. The molecule has 29 heavy (non-hydrogen) atoms. The van der Waals surface area contributed by atoms with Gasteiger partial charge in [0, 0.05) is 32.6 Å². The third-order valence-electron chi connectivity index (χ3n) is 4.53. The van der Waals surface area contributed by atoms with Gasteiger partial charge in [-0.25, -0.2) is 4.79 Å². The summed E-state index contributed by atoms with van der Waals surface area (Å²) >= 11 is 0. The first-order valence-corrected chi connectivity index (χ1v) is 9.54. The minimum atomic E-state index is -1.28. The van der Waals surface area contributed by atoms with Crippen molar-refractivity contribution in [2.24, 2.45) is 0 Å². The fraction of sp³-hybridized carbons (Fsp3) is 0.500. The Hall–Kier alpha value is -2.19. The lowest BCUT2D eigenvalue weighted by Gasteiger charge is -2.30. The molecular weight excluding hydrogens is 376 g/mol. The topological polar surface area (TPSA) is 83.5 Å². The van der Waals surface area contributed by atoms with Crippen LogP contribution in [-0.4, -0.2) is 56.5 Å². The van der Waals surface area contributed by atoms with Gasteiger partial charge in [0.15, 0.2) is 0 Å². The summed E-state index contributed by atoms with van der Waals surface area (Å²) in [6, 6.07) is 7.64. The Bertz CT molecular complexity index is 679. The molecule has 0 bridgehead atoms. The van der Waals surface area contributed by atoms with E-state index in [9.17, 15) is 9.90 Å². The van der Waals surface area contributed by atoms with Gasteiger partial charge >= 0.3 is 5.97 Å². The summed E-state index contributed by atoms with van der Waals surface area (Å²) < 4.78 is 26.7. The van der Waals surface area contributed by atoms with Crippen molar-refractivity contribution in [3.8, 4) is 5.75 Å². The van der Waals surface area contributed by atoms with E-state index < -0.39 is 17.8 Å². The van der Waals surface area contributed by atoms with Gasteiger partial charge in [-0.3, -0.25) is 0 Å². The second kappa shape index (κ2) is 11.7. The van der Waals surface area contributed by atoms with Crippen LogP contribution in [0, 0.1) is 0 Å². The van der Waals surface area contributed by atoms with Gasteiger partial charge in [-0.2, -0.15) is 0 Å². The molecule has 1 N–H and O–H groups in total. The van der Waals surface area contributed by atoms with Crippen LogP contribution in [0.3, 0.4) is 0 Å². The second-order valence-corrected chi connectivity index (χ2v) is 6.95. The molecule has 0 aliphatic carbocycles. The number of carbonyl (C=O) groups is 1. The SMILES string of the molecule is COCO[C@H](CCOCc1ccc(OC)cc1)[C@](C)(O)/C=C/[C@H]1CC=CC(=O)O1. The van der Waals surface area contributed by atoms with Crippen LogP contribution in [0.2, 0.25) is 0 Å². The standard InChI is InChI=1S/C22H30O7/c1-22(24,13-11-19-5-4-6-21(23)29-19)20(28-16-25-2)12-14-27-15-17-7-9-18(26-3)10-8-17/h4,6-11,13,19-20,24H,5,12,14-16H2,1-3H3/b13-11+/t19-,20-,22-/m1/s1. The van der Waals surface area contributed by atoms with Gasteiger partial charge in [0.25, 0.3) is 0 Å². The Kier molecular flexibility index (Phi) is 9.34. The second-order valence-electron chi connectivity index (χ2n) is 6.95. The average molecular weight is 406 g/mol. The minimum Gasteiger partial charge on any atom is -0.497 e. The van der Waals surface area contributed by atoms with E-state index in [4.69, 9.17) is 23.7 Å². The van der Waals surface area contributed by atoms with E-state index in [1.165, 1.54) is 13.2 Å². The van der Waals surface area contributed by atoms with E-state index in [0.29, 0.717) is 26.1 Å². The van der Waals surface area contributed by atoms with Gasteiger partial charge in [-0.1, -0.05) is 24.3 Å². The number of ether oxygens (including phenoxy) is 5. The van der Waals surface area contributed by atoms with Crippen LogP contribution in [-0.2, 0) is 30.3 Å². The van der Waals surface area contributed by atoms with Gasteiger partial charge in [-0.05, 0) is 30.7 Å². The minimum absolute atomic E-state index is 0.0499. The van der Waals surface area contributed by atoms with Gasteiger partial charge in [0.1, 0.15) is 24.2 Å². The quantitative estimate of drug-likeness (QED) is 0.247. The van der Waals surface area contributed by atoms with E-state index in [0.717, 1.165) is 11.3 Å². The number of hydrogen-bond donors (Lipinski definition) is 1. The maximum Gasteiger partial charge on any atom is 0.331 e. The molecular formula is C22H30O7. The van der Waals surface area contributed by atoms with Crippen molar-refractivity contribution in [2.75, 3.05) is 27.6 Å². The smallest absolute Gasteiger partial charge is 0.331 e. The van der Waals surface area contributed by atoms with E-state index in [2.05, 4.69) is 0 Å². The molecule has 3 atom stereocenters. The molecule has 0 radical (unpaired) electrons. The number of aliphatic hydroxyl groups is 1. The van der Waals surface area contributed by atoms with Crippen LogP contribution in [0.15, 0.2) is 48.6 Å². The lowest BCUT2D eigenvalue weighted by molar-refractivity contribution is -0.143.